The number of allylic oxidation sites excluding steroid dienone is 7. The van der Waals surface area contributed by atoms with Crippen molar-refractivity contribution in [2.75, 3.05) is 82.4 Å². The summed E-state index contributed by atoms with van der Waals surface area (Å²) in [6, 6.07) is 6.18. The molecule has 47 nitrogen and oxygen atoms in total. The Kier molecular flexibility index (Phi) is 43.0. The molecule has 1 saturated heterocycles. The maximum absolute atomic E-state index is 14.7. The molecule has 1 fully saturated rings. The van der Waals surface area contributed by atoms with Gasteiger partial charge in [0.05, 0.1) is 37.1 Å². The van der Waals surface area contributed by atoms with Crippen LogP contribution in [0.1, 0.15) is 167 Å². The molecule has 8 atom stereocenters. The van der Waals surface area contributed by atoms with E-state index in [1.807, 2.05) is 61.5 Å². The summed E-state index contributed by atoms with van der Waals surface area (Å²) in [4.78, 5) is 129. The van der Waals surface area contributed by atoms with E-state index < -0.39 is 171 Å². The van der Waals surface area contributed by atoms with Crippen LogP contribution in [-0.4, -0.2) is 265 Å². The van der Waals surface area contributed by atoms with Gasteiger partial charge < -0.3 is 112 Å². The maximum Gasteiger partial charge on any atom is 0.294 e. The zero-order chi connectivity index (χ0) is 102. The summed E-state index contributed by atoms with van der Waals surface area (Å²) in [7, 11) is -12.0. The summed E-state index contributed by atoms with van der Waals surface area (Å²) < 4.78 is 134. The Bertz CT molecular complexity index is 5540. The standard InChI is InChI=1S/C86H130N26O21S5/c1-85(2)57-47-54(135(122)123)29-33-65(57)111(44-9-10-46-136(124,125)126)68(85)35-25-51-17-11-18-52(72(51)133-53-27-30-55(31-28-53)137(127,128)129)26-36-69-86(3,4)58-48-56(138(130,131)132)32-34-66(58)110(69)43-8-6-7-24-70(113)99-42-45-112-71(114)49-67(79(112)121)134-50-64(73(87)115)109-78(120)63(23-16-41-104-84(96)97)108-77(119)62(22-15-40-103-83(94)95)107-76(118)61(21-14-39-102-82(92)93)106-75(117)60(20-13-38-101-81(90)91)105-74(116)59(98-5)19-12-37-100-80(88)89/h25-36,47-48,59-64,67,98H,6-24,37-46,49-50H2,1-5H3,(H31-,87,88,89,90,91,92,93,94,95,96,97,99,100,101,102,103,104,105,106,107,108,109,113,115,116,117,118,119,120,122,123,124,125,126,127,128,129,130,131,132)/p+1/t59-,60-,61-,62-,63-,64-,67?/m1/s1. The molecule has 0 bridgehead atoms. The number of rotatable bonds is 57. The number of benzene rings is 3. The van der Waals surface area contributed by atoms with Crippen molar-refractivity contribution in [1.82, 2.24) is 68.7 Å². The van der Waals surface area contributed by atoms with Crippen LogP contribution in [-0.2, 0) is 95.4 Å². The van der Waals surface area contributed by atoms with Gasteiger partial charge >= 0.3 is 0 Å². The summed E-state index contributed by atoms with van der Waals surface area (Å²) in [6.07, 6.45) is 11.0. The Morgan fingerprint density at radius 3 is 1.51 bits per heavy atom. The summed E-state index contributed by atoms with van der Waals surface area (Å²) in [5.74, 6) is -9.12. The topological polar surface area (TPSA) is 792 Å². The van der Waals surface area contributed by atoms with Gasteiger partial charge in [0, 0.05) is 112 Å². The minimum absolute atomic E-state index is 0.00447. The molecule has 3 aromatic rings. The van der Waals surface area contributed by atoms with Crippen molar-refractivity contribution in [3.05, 3.63) is 119 Å². The van der Waals surface area contributed by atoms with Crippen LogP contribution in [0.2, 0.25) is 0 Å². The lowest BCUT2D eigenvalue weighted by molar-refractivity contribution is -0.438. The van der Waals surface area contributed by atoms with E-state index in [1.165, 1.54) is 49.5 Å². The average Bonchev–Trinajstić information content (AvgIpc) is 1.59. The first-order chi connectivity index (χ1) is 64.9. The molecule has 0 saturated carbocycles. The molecule has 3 heterocycles. The fourth-order valence-electron chi connectivity index (χ4n) is 16.2. The highest BCUT2D eigenvalue weighted by Crippen LogP contribution is 2.49. The number of nitrogens with zero attached hydrogens (tertiary/aromatic N) is 3. The number of nitrogens with two attached hydrogens (primary N) is 6. The van der Waals surface area contributed by atoms with Crippen LogP contribution >= 0.6 is 11.8 Å². The maximum atomic E-state index is 14.7. The van der Waals surface area contributed by atoms with Gasteiger partial charge in [-0.2, -0.15) is 29.8 Å². The van der Waals surface area contributed by atoms with E-state index in [1.54, 1.807) is 18.2 Å². The SMILES string of the molecule is CN[C@H](CCCNC(=N)N)C(=O)N[C@H](CCCNC(=N)N)C(=O)N[C@H](CCCNC(=N)N)C(=O)N[C@H](CCCNC(=N)N)C(=O)N[C@H](CCCNC(=N)N)C(=O)N[C@H](CSC1CC(=O)N(CCNC(=O)CCCCCN2/C(=C/C=C3\CCCC(/C=C/C4=[N+](CCCCS(=O)(=O)O)c5ccc(S(=O)O)cc5C4(C)C)=C3Oc3ccc(S(=O)(=O)O)cc3)C(C)(C)c3cc(S(=O)(=O)O)ccc32)C1=O)C(N)=O. The highest BCUT2D eigenvalue weighted by atomic mass is 32.2. The lowest BCUT2D eigenvalue weighted by atomic mass is 9.81. The number of likely N-dealkylation sites (tertiary alicyclic amines) is 1. The van der Waals surface area contributed by atoms with Gasteiger partial charge in [0.2, 0.25) is 58.9 Å². The zero-order valence-corrected chi connectivity index (χ0v) is 81.7. The van der Waals surface area contributed by atoms with E-state index in [0.29, 0.717) is 104 Å². The van der Waals surface area contributed by atoms with Crippen molar-refractivity contribution in [3.8, 4) is 5.75 Å². The number of amides is 9. The minimum atomic E-state index is -4.68. The number of unbranched alkanes of at least 4 members (excludes halogenated alkanes) is 3. The predicted octanol–water partition coefficient (Wildman–Crippen LogP) is -0.163. The predicted molar refractivity (Wildman–Crippen MR) is 520 cm³/mol. The molecule has 2 unspecified atom stereocenters. The molecule has 760 valence electrons. The summed E-state index contributed by atoms with van der Waals surface area (Å²) >= 11 is -1.49. The lowest BCUT2D eigenvalue weighted by Crippen LogP contribution is -2.59. The van der Waals surface area contributed by atoms with Gasteiger partial charge in [0.15, 0.2) is 46.6 Å². The van der Waals surface area contributed by atoms with Crippen LogP contribution in [0.5, 0.6) is 5.75 Å². The highest BCUT2D eigenvalue weighted by Gasteiger charge is 2.47. The number of nitrogens with one attached hydrogen (secondary N) is 17. The number of thioether (sulfide) groups is 1. The Labute approximate surface area is 808 Å². The van der Waals surface area contributed by atoms with Crippen molar-refractivity contribution >= 4 is 153 Å². The third-order valence-electron chi connectivity index (χ3n) is 23.4. The number of anilines is 1. The van der Waals surface area contributed by atoms with E-state index in [9.17, 15) is 90.8 Å². The molecule has 138 heavy (non-hydrogen) atoms. The van der Waals surface area contributed by atoms with Crippen molar-refractivity contribution in [3.63, 3.8) is 0 Å². The van der Waals surface area contributed by atoms with Crippen LogP contribution in [0.25, 0.3) is 0 Å². The van der Waals surface area contributed by atoms with E-state index >= 15 is 0 Å². The number of carbonyl (C=O) groups is 9. The fraction of sp³-hybridized carbons (Fsp3) is 0.523. The zero-order valence-electron chi connectivity index (χ0n) is 77.6. The van der Waals surface area contributed by atoms with Crippen molar-refractivity contribution in [2.24, 2.45) is 34.4 Å². The summed E-state index contributed by atoms with van der Waals surface area (Å²) in [5, 5.41) is 69.0. The molecule has 3 aliphatic heterocycles. The number of hydrogen-bond donors (Lipinski definition) is 27. The van der Waals surface area contributed by atoms with Crippen LogP contribution in [0, 0.1) is 27.0 Å². The lowest BCUT2D eigenvalue weighted by Gasteiger charge is -2.28. The molecular weight excluding hydrogens is 1890 g/mol. The quantitative estimate of drug-likeness (QED) is 0.00664. The van der Waals surface area contributed by atoms with Crippen molar-refractivity contribution in [2.45, 2.75) is 223 Å². The molecule has 3 aromatic carbocycles. The number of fused-ring (bicyclic) bond motifs is 2. The molecule has 4 aliphatic rings. The Hall–Kier alpha value is -12.2. The molecule has 9 amide bonds. The minimum Gasteiger partial charge on any atom is -0.457 e. The molecular formula is C86H131N26O21S5+. The highest BCUT2D eigenvalue weighted by molar-refractivity contribution is 8.00. The second kappa shape index (κ2) is 52.6. The first-order valence-corrected chi connectivity index (χ1v) is 51.5. The van der Waals surface area contributed by atoms with Gasteiger partial charge in [-0.3, -0.25) is 88.8 Å². The van der Waals surface area contributed by atoms with Crippen molar-refractivity contribution < 1.29 is 100 Å². The third-order valence-corrected chi connectivity index (χ3v) is 27.8. The Morgan fingerprint density at radius 2 is 1.04 bits per heavy atom. The average molecular weight is 2030 g/mol. The molecule has 0 radical (unpaired) electrons. The summed E-state index contributed by atoms with van der Waals surface area (Å²) in [6.45, 7) is 8.35. The second-order valence-corrected chi connectivity index (χ2v) is 41.0. The van der Waals surface area contributed by atoms with Gasteiger partial charge in [-0.1, -0.05) is 26.3 Å². The van der Waals surface area contributed by atoms with Crippen molar-refractivity contribution in [1.29, 1.82) is 27.0 Å². The van der Waals surface area contributed by atoms with Gasteiger partial charge in [-0.05, 0) is 207 Å². The number of primary amides is 1. The smallest absolute Gasteiger partial charge is 0.294 e. The van der Waals surface area contributed by atoms with Gasteiger partial charge in [0.25, 0.3) is 30.4 Å². The van der Waals surface area contributed by atoms with E-state index in [0.717, 1.165) is 27.9 Å². The molecule has 0 spiro atoms. The van der Waals surface area contributed by atoms with E-state index in [2.05, 4.69) is 63.8 Å². The number of imide groups is 1. The largest absolute Gasteiger partial charge is 0.457 e. The van der Waals surface area contributed by atoms with Gasteiger partial charge in [-0.15, -0.1) is 11.8 Å². The summed E-state index contributed by atoms with van der Waals surface area (Å²) in [5.41, 5.74) is 37.1. The number of guanidine groups is 5. The van der Waals surface area contributed by atoms with Crippen LogP contribution < -0.4 is 108 Å². The van der Waals surface area contributed by atoms with E-state index in [4.69, 9.17) is 66.2 Å². The second-order valence-electron chi connectivity index (χ2n) is 34.4. The molecule has 0 aromatic heterocycles. The Balaban J connectivity index is 1.02. The van der Waals surface area contributed by atoms with Crippen LogP contribution in [0.3, 0.4) is 0 Å². The third kappa shape index (κ3) is 34.8. The number of carbonyl (C=O) groups excluding carboxylic acids is 9. The molecule has 1 aliphatic carbocycles. The Morgan fingerprint density at radius 1 is 0.551 bits per heavy atom. The van der Waals surface area contributed by atoms with Crippen LogP contribution in [0.4, 0.5) is 11.4 Å². The molecule has 33 N–H and O–H groups in total. The van der Waals surface area contributed by atoms with Gasteiger partial charge in [0.1, 0.15) is 48.3 Å². The monoisotopic (exact) mass is 2020 g/mol. The normalized spacial score (nSPS) is 17.2. The van der Waals surface area contributed by atoms with Gasteiger partial charge in [-0.25, -0.2) is 4.21 Å². The molecule has 7 rings (SSSR count). The fourth-order valence-corrected chi connectivity index (χ4v) is 19.3. The number of hydrogen-bond acceptors (Lipinski definition) is 25. The first-order valence-electron chi connectivity index (χ1n) is 44.9. The van der Waals surface area contributed by atoms with E-state index in [-0.39, 0.29) is 161 Å². The number of likely N-dealkylation sites (N-methyl/N-ethyl adjacent to an activating group) is 1. The van der Waals surface area contributed by atoms with Crippen LogP contribution in [0.15, 0.2) is 122 Å². The number of ether oxygens (including phenoxy) is 1. The first kappa shape index (κ1) is 113. The molecule has 52 heteroatoms.